The van der Waals surface area contributed by atoms with Crippen LogP contribution in [0.5, 0.6) is 5.75 Å². The molecule has 3 rings (SSSR count). The fourth-order valence-electron chi connectivity index (χ4n) is 2.29. The second-order valence-corrected chi connectivity index (χ2v) is 4.89. The van der Waals surface area contributed by atoms with Gasteiger partial charge in [0, 0.05) is 7.05 Å². The van der Waals surface area contributed by atoms with Gasteiger partial charge in [-0.05, 0) is 17.7 Å². The van der Waals surface area contributed by atoms with E-state index >= 15 is 0 Å². The van der Waals surface area contributed by atoms with Crippen molar-refractivity contribution >= 4 is 11.0 Å². The van der Waals surface area contributed by atoms with Crippen molar-refractivity contribution in [2.75, 3.05) is 0 Å². The minimum Gasteiger partial charge on any atom is -0.487 e. The Kier molecular flexibility index (Phi) is 3.52. The van der Waals surface area contributed by atoms with Crippen LogP contribution in [-0.4, -0.2) is 9.55 Å². The number of benzene rings is 2. The van der Waals surface area contributed by atoms with Gasteiger partial charge >= 0.3 is 6.18 Å². The SMILES string of the molecule is Cn1c(C(F)(F)F)nc2c(OCc3ccccc3)cccc21. The number of hydrogen-bond donors (Lipinski definition) is 0. The summed E-state index contributed by atoms with van der Waals surface area (Å²) in [5.41, 5.74) is 1.54. The monoisotopic (exact) mass is 306 g/mol. The highest BCUT2D eigenvalue weighted by molar-refractivity contribution is 5.82. The number of aryl methyl sites for hydroxylation is 1. The zero-order valence-corrected chi connectivity index (χ0v) is 11.8. The van der Waals surface area contributed by atoms with Gasteiger partial charge in [0.25, 0.3) is 0 Å². The van der Waals surface area contributed by atoms with Crippen LogP contribution in [-0.2, 0) is 19.8 Å². The molecule has 22 heavy (non-hydrogen) atoms. The van der Waals surface area contributed by atoms with Crippen molar-refractivity contribution in [3.05, 3.63) is 59.9 Å². The van der Waals surface area contributed by atoms with Gasteiger partial charge in [-0.15, -0.1) is 0 Å². The number of fused-ring (bicyclic) bond motifs is 1. The molecule has 0 fully saturated rings. The van der Waals surface area contributed by atoms with Crippen LogP contribution < -0.4 is 4.74 Å². The van der Waals surface area contributed by atoms with Crippen LogP contribution in [0, 0.1) is 0 Å². The van der Waals surface area contributed by atoms with E-state index in [-0.39, 0.29) is 12.1 Å². The van der Waals surface area contributed by atoms with E-state index in [1.807, 2.05) is 30.3 Å². The molecular weight excluding hydrogens is 293 g/mol. The first-order chi connectivity index (χ1) is 10.5. The van der Waals surface area contributed by atoms with Gasteiger partial charge in [0.1, 0.15) is 17.9 Å². The number of imidazole rings is 1. The summed E-state index contributed by atoms with van der Waals surface area (Å²) in [5, 5.41) is 0. The number of nitrogens with zero attached hydrogens (tertiary/aromatic N) is 2. The number of hydrogen-bond acceptors (Lipinski definition) is 2. The Labute approximate surface area is 125 Å². The second kappa shape index (κ2) is 5.36. The molecule has 1 aromatic heterocycles. The minimum absolute atomic E-state index is 0.216. The molecule has 0 saturated carbocycles. The number of para-hydroxylation sites is 1. The molecule has 0 aliphatic heterocycles. The first-order valence-corrected chi connectivity index (χ1v) is 6.66. The van der Waals surface area contributed by atoms with E-state index in [9.17, 15) is 13.2 Å². The average molecular weight is 306 g/mol. The fourth-order valence-corrected chi connectivity index (χ4v) is 2.29. The Morgan fingerprint density at radius 1 is 1.05 bits per heavy atom. The molecule has 0 aliphatic carbocycles. The Morgan fingerprint density at radius 3 is 2.45 bits per heavy atom. The van der Waals surface area contributed by atoms with Crippen LogP contribution in [0.25, 0.3) is 11.0 Å². The highest BCUT2D eigenvalue weighted by Crippen LogP contribution is 2.33. The molecule has 0 bridgehead atoms. The predicted molar refractivity (Wildman–Crippen MR) is 76.5 cm³/mol. The first kappa shape index (κ1) is 14.4. The summed E-state index contributed by atoms with van der Waals surface area (Å²) in [6, 6.07) is 14.3. The summed E-state index contributed by atoms with van der Waals surface area (Å²) in [7, 11) is 1.35. The third-order valence-corrected chi connectivity index (χ3v) is 3.37. The number of ether oxygens (including phenoxy) is 1. The minimum atomic E-state index is -4.50. The molecule has 114 valence electrons. The zero-order chi connectivity index (χ0) is 15.7. The maximum Gasteiger partial charge on any atom is 0.449 e. The van der Waals surface area contributed by atoms with Crippen molar-refractivity contribution < 1.29 is 17.9 Å². The molecule has 1 heterocycles. The van der Waals surface area contributed by atoms with E-state index in [0.717, 1.165) is 10.1 Å². The van der Waals surface area contributed by atoms with Crippen molar-refractivity contribution in [1.29, 1.82) is 0 Å². The summed E-state index contributed by atoms with van der Waals surface area (Å²) in [5.74, 6) is -0.592. The lowest BCUT2D eigenvalue weighted by Gasteiger charge is -2.07. The standard InChI is InChI=1S/C16H13F3N2O/c1-21-12-8-5-9-13(14(12)20-15(21)16(17,18)19)22-10-11-6-3-2-4-7-11/h2-9H,10H2,1H3. The molecule has 3 aromatic rings. The van der Waals surface area contributed by atoms with Crippen LogP contribution >= 0.6 is 0 Å². The molecule has 0 radical (unpaired) electrons. The predicted octanol–water partition coefficient (Wildman–Crippen LogP) is 4.17. The summed E-state index contributed by atoms with van der Waals surface area (Å²) < 4.78 is 45.5. The van der Waals surface area contributed by atoms with Gasteiger partial charge in [-0.2, -0.15) is 13.2 Å². The van der Waals surface area contributed by atoms with Gasteiger partial charge < -0.3 is 9.30 Å². The molecule has 0 N–H and O–H groups in total. The maximum absolute atomic E-state index is 12.9. The van der Waals surface area contributed by atoms with Gasteiger partial charge in [0.05, 0.1) is 5.52 Å². The molecule has 0 atom stereocenters. The molecule has 3 nitrogen and oxygen atoms in total. The van der Waals surface area contributed by atoms with Gasteiger partial charge in [0.15, 0.2) is 0 Å². The number of halogens is 3. The van der Waals surface area contributed by atoms with E-state index in [1.165, 1.54) is 7.05 Å². The Morgan fingerprint density at radius 2 is 1.77 bits per heavy atom. The maximum atomic E-state index is 12.9. The van der Waals surface area contributed by atoms with E-state index in [1.54, 1.807) is 18.2 Å². The average Bonchev–Trinajstić information content (AvgIpc) is 2.84. The molecule has 0 spiro atoms. The third kappa shape index (κ3) is 2.64. The smallest absolute Gasteiger partial charge is 0.449 e. The lowest BCUT2D eigenvalue weighted by molar-refractivity contribution is -0.146. The van der Waals surface area contributed by atoms with E-state index in [4.69, 9.17) is 4.74 Å². The van der Waals surface area contributed by atoms with Gasteiger partial charge in [-0.1, -0.05) is 36.4 Å². The van der Waals surface area contributed by atoms with Gasteiger partial charge in [-0.25, -0.2) is 4.98 Å². The summed E-state index contributed by atoms with van der Waals surface area (Å²) >= 11 is 0. The van der Waals surface area contributed by atoms with E-state index < -0.39 is 12.0 Å². The van der Waals surface area contributed by atoms with Gasteiger partial charge in [-0.3, -0.25) is 0 Å². The van der Waals surface area contributed by atoms with Crippen LogP contribution in [0.2, 0.25) is 0 Å². The van der Waals surface area contributed by atoms with Crippen LogP contribution in [0.1, 0.15) is 11.4 Å². The highest BCUT2D eigenvalue weighted by atomic mass is 19.4. The molecule has 0 unspecified atom stereocenters. The molecule has 0 saturated heterocycles. The fraction of sp³-hybridized carbons (Fsp3) is 0.188. The highest BCUT2D eigenvalue weighted by Gasteiger charge is 2.37. The topological polar surface area (TPSA) is 27.1 Å². The van der Waals surface area contributed by atoms with Crippen LogP contribution in [0.4, 0.5) is 13.2 Å². The first-order valence-electron chi connectivity index (χ1n) is 6.66. The normalized spacial score (nSPS) is 11.8. The van der Waals surface area contributed by atoms with Crippen molar-refractivity contribution in [2.45, 2.75) is 12.8 Å². The second-order valence-electron chi connectivity index (χ2n) is 4.89. The molecule has 0 aliphatic rings. The largest absolute Gasteiger partial charge is 0.487 e. The summed E-state index contributed by atoms with van der Waals surface area (Å²) in [4.78, 5) is 3.71. The van der Waals surface area contributed by atoms with Crippen LogP contribution in [0.15, 0.2) is 48.5 Å². The Hall–Kier alpha value is -2.50. The number of rotatable bonds is 3. The van der Waals surface area contributed by atoms with Crippen molar-refractivity contribution in [2.24, 2.45) is 7.05 Å². The lowest BCUT2D eigenvalue weighted by atomic mass is 10.2. The summed E-state index contributed by atoms with van der Waals surface area (Å²) in [6.45, 7) is 0.276. The zero-order valence-electron chi connectivity index (χ0n) is 11.8. The molecule has 2 aromatic carbocycles. The van der Waals surface area contributed by atoms with Crippen molar-refractivity contribution in [1.82, 2.24) is 9.55 Å². The molecule has 6 heteroatoms. The van der Waals surface area contributed by atoms with E-state index in [0.29, 0.717) is 11.3 Å². The van der Waals surface area contributed by atoms with Crippen molar-refractivity contribution in [3.63, 3.8) is 0 Å². The Bertz CT molecular complexity index is 794. The number of aromatic nitrogens is 2. The summed E-state index contributed by atoms with van der Waals surface area (Å²) in [6.07, 6.45) is -4.50. The lowest BCUT2D eigenvalue weighted by Crippen LogP contribution is -2.12. The molecule has 0 amide bonds. The van der Waals surface area contributed by atoms with Gasteiger partial charge in [0.2, 0.25) is 5.82 Å². The molecular formula is C16H13F3N2O. The Balaban J connectivity index is 1.97. The van der Waals surface area contributed by atoms with E-state index in [2.05, 4.69) is 4.98 Å². The number of alkyl halides is 3. The third-order valence-electron chi connectivity index (χ3n) is 3.37. The van der Waals surface area contributed by atoms with Crippen LogP contribution in [0.3, 0.4) is 0 Å². The quantitative estimate of drug-likeness (QED) is 0.726. The van der Waals surface area contributed by atoms with Crippen molar-refractivity contribution in [3.8, 4) is 5.75 Å².